The molecule has 1 nitrogen and oxygen atoms in total. The third-order valence-electron chi connectivity index (χ3n) is 1.12. The molecule has 0 aromatic rings. The zero-order valence-corrected chi connectivity index (χ0v) is 6.63. The minimum Gasteiger partial charge on any atom is -0.299 e. The summed E-state index contributed by atoms with van der Waals surface area (Å²) in [4.78, 5) is 0.519. The first-order valence-electron chi connectivity index (χ1n) is 2.69. The molecular formula is C7H11NS. The summed E-state index contributed by atoms with van der Waals surface area (Å²) in [7, 11) is 0. The van der Waals surface area contributed by atoms with E-state index in [2.05, 4.69) is 19.2 Å². The lowest BCUT2D eigenvalue weighted by Crippen LogP contribution is -1.95. The molecule has 0 fully saturated rings. The standard InChI is InChI=1S/C7H11NS/c1-4-5(2)7(8)6(3)9/h4,8-9H,3H2,1-2H3/b5-4+,8-7?. The molecule has 0 heterocycles. The summed E-state index contributed by atoms with van der Waals surface area (Å²) in [6.07, 6.45) is 1.86. The predicted molar refractivity (Wildman–Crippen MR) is 45.3 cm³/mol. The van der Waals surface area contributed by atoms with Gasteiger partial charge in [0.1, 0.15) is 0 Å². The van der Waals surface area contributed by atoms with Crippen LogP contribution in [0.4, 0.5) is 0 Å². The molecule has 0 aromatic carbocycles. The fraction of sp³-hybridized carbons (Fsp3) is 0.286. The second-order valence-electron chi connectivity index (χ2n) is 1.79. The van der Waals surface area contributed by atoms with Crippen molar-refractivity contribution in [3.05, 3.63) is 23.1 Å². The summed E-state index contributed by atoms with van der Waals surface area (Å²) in [5, 5.41) is 7.31. The van der Waals surface area contributed by atoms with Crippen molar-refractivity contribution in [1.29, 1.82) is 5.41 Å². The Bertz CT molecular complexity index is 168. The molecule has 0 unspecified atom stereocenters. The Morgan fingerprint density at radius 2 is 2.11 bits per heavy atom. The molecule has 0 aromatic heterocycles. The fourth-order valence-corrected chi connectivity index (χ4v) is 0.548. The van der Waals surface area contributed by atoms with Crippen molar-refractivity contribution in [2.24, 2.45) is 0 Å². The lowest BCUT2D eigenvalue weighted by atomic mass is 10.2. The highest BCUT2D eigenvalue weighted by atomic mass is 32.1. The molecular weight excluding hydrogens is 130 g/mol. The first-order valence-corrected chi connectivity index (χ1v) is 3.14. The fourth-order valence-electron chi connectivity index (χ4n) is 0.372. The minimum atomic E-state index is 0.417. The summed E-state index contributed by atoms with van der Waals surface area (Å²) in [6.45, 7) is 7.28. The van der Waals surface area contributed by atoms with Gasteiger partial charge in [-0.05, 0) is 19.4 Å². The molecule has 0 bridgehead atoms. The molecule has 0 saturated heterocycles. The molecule has 2 heteroatoms. The Labute approximate surface area is 61.4 Å². The van der Waals surface area contributed by atoms with E-state index in [0.29, 0.717) is 10.6 Å². The van der Waals surface area contributed by atoms with Crippen LogP contribution in [0.15, 0.2) is 23.1 Å². The largest absolute Gasteiger partial charge is 0.299 e. The first kappa shape index (κ1) is 8.50. The van der Waals surface area contributed by atoms with E-state index in [-0.39, 0.29) is 0 Å². The van der Waals surface area contributed by atoms with Crippen LogP contribution in [0.25, 0.3) is 0 Å². The second kappa shape index (κ2) is 3.51. The third-order valence-corrected chi connectivity index (χ3v) is 1.34. The Morgan fingerprint density at radius 1 is 1.67 bits per heavy atom. The van der Waals surface area contributed by atoms with Crippen molar-refractivity contribution < 1.29 is 0 Å². The van der Waals surface area contributed by atoms with Gasteiger partial charge in [0, 0.05) is 4.91 Å². The smallest absolute Gasteiger partial charge is 0.0692 e. The number of rotatable bonds is 2. The molecule has 0 saturated carbocycles. The van der Waals surface area contributed by atoms with Crippen LogP contribution in [-0.2, 0) is 0 Å². The number of hydrogen-bond acceptors (Lipinski definition) is 2. The van der Waals surface area contributed by atoms with E-state index < -0.39 is 0 Å². The van der Waals surface area contributed by atoms with Crippen LogP contribution < -0.4 is 0 Å². The molecule has 0 aliphatic heterocycles. The molecule has 0 atom stereocenters. The van der Waals surface area contributed by atoms with Gasteiger partial charge in [-0.3, -0.25) is 5.41 Å². The predicted octanol–water partition coefficient (Wildman–Crippen LogP) is 2.42. The Balaban J connectivity index is 4.23. The summed E-state index contributed by atoms with van der Waals surface area (Å²) >= 11 is 3.93. The van der Waals surface area contributed by atoms with Crippen molar-refractivity contribution in [2.45, 2.75) is 13.8 Å². The van der Waals surface area contributed by atoms with Crippen LogP contribution in [0.3, 0.4) is 0 Å². The number of nitrogens with one attached hydrogen (secondary N) is 1. The van der Waals surface area contributed by atoms with Gasteiger partial charge in [0.15, 0.2) is 0 Å². The van der Waals surface area contributed by atoms with E-state index in [9.17, 15) is 0 Å². The van der Waals surface area contributed by atoms with Gasteiger partial charge in [0.05, 0.1) is 5.71 Å². The lowest BCUT2D eigenvalue weighted by molar-refractivity contribution is 1.44. The molecule has 1 N–H and O–H groups in total. The van der Waals surface area contributed by atoms with Gasteiger partial charge in [-0.2, -0.15) is 0 Å². The van der Waals surface area contributed by atoms with Gasteiger partial charge in [0.2, 0.25) is 0 Å². The highest BCUT2D eigenvalue weighted by molar-refractivity contribution is 7.85. The second-order valence-corrected chi connectivity index (χ2v) is 2.33. The van der Waals surface area contributed by atoms with E-state index in [0.717, 1.165) is 5.57 Å². The Morgan fingerprint density at radius 3 is 2.22 bits per heavy atom. The number of hydrogen-bond donors (Lipinski definition) is 2. The maximum absolute atomic E-state index is 7.31. The lowest BCUT2D eigenvalue weighted by Gasteiger charge is -1.98. The summed E-state index contributed by atoms with van der Waals surface area (Å²) in [5.41, 5.74) is 1.33. The molecule has 0 aliphatic carbocycles. The van der Waals surface area contributed by atoms with Crippen LogP contribution in [0.5, 0.6) is 0 Å². The highest BCUT2D eigenvalue weighted by Crippen LogP contribution is 2.06. The summed E-state index contributed by atoms with van der Waals surface area (Å²) in [6, 6.07) is 0. The normalized spacial score (nSPS) is 11.2. The zero-order chi connectivity index (χ0) is 7.44. The molecule has 0 rings (SSSR count). The Kier molecular flexibility index (Phi) is 3.32. The van der Waals surface area contributed by atoms with Gasteiger partial charge in [0.25, 0.3) is 0 Å². The maximum atomic E-state index is 7.31. The molecule has 0 spiro atoms. The Hall–Kier alpha value is -0.500. The average Bonchev–Trinajstić information content (AvgIpc) is 1.84. The van der Waals surface area contributed by atoms with Gasteiger partial charge in [-0.1, -0.05) is 12.7 Å². The van der Waals surface area contributed by atoms with Crippen LogP contribution in [-0.4, -0.2) is 5.71 Å². The minimum absolute atomic E-state index is 0.417. The van der Waals surface area contributed by atoms with E-state index >= 15 is 0 Å². The van der Waals surface area contributed by atoms with Crippen LogP contribution in [0.1, 0.15) is 13.8 Å². The van der Waals surface area contributed by atoms with E-state index in [1.165, 1.54) is 0 Å². The average molecular weight is 141 g/mol. The maximum Gasteiger partial charge on any atom is 0.0692 e. The molecule has 0 aliphatic rings. The first-order chi connectivity index (χ1) is 4.09. The van der Waals surface area contributed by atoms with E-state index in [4.69, 9.17) is 5.41 Å². The zero-order valence-electron chi connectivity index (χ0n) is 5.73. The van der Waals surface area contributed by atoms with E-state index in [1.54, 1.807) is 0 Å². The van der Waals surface area contributed by atoms with Crippen LogP contribution in [0.2, 0.25) is 0 Å². The third kappa shape index (κ3) is 2.51. The SMILES string of the molecule is C=C(S)C(=N)/C(C)=C/C. The monoisotopic (exact) mass is 141 g/mol. The van der Waals surface area contributed by atoms with Crippen molar-refractivity contribution in [1.82, 2.24) is 0 Å². The molecule has 0 amide bonds. The van der Waals surface area contributed by atoms with Gasteiger partial charge in [-0.15, -0.1) is 12.6 Å². The van der Waals surface area contributed by atoms with E-state index in [1.807, 2.05) is 19.9 Å². The molecule has 0 radical (unpaired) electrons. The molecule has 9 heavy (non-hydrogen) atoms. The van der Waals surface area contributed by atoms with Crippen LogP contribution in [0, 0.1) is 5.41 Å². The van der Waals surface area contributed by atoms with Crippen molar-refractivity contribution >= 4 is 18.3 Å². The van der Waals surface area contributed by atoms with Crippen molar-refractivity contribution in [3.63, 3.8) is 0 Å². The topological polar surface area (TPSA) is 23.9 Å². The van der Waals surface area contributed by atoms with Gasteiger partial charge in [-0.25, -0.2) is 0 Å². The quantitative estimate of drug-likeness (QED) is 0.436. The molecule has 50 valence electrons. The van der Waals surface area contributed by atoms with Crippen LogP contribution >= 0.6 is 12.6 Å². The number of thiol groups is 1. The highest BCUT2D eigenvalue weighted by Gasteiger charge is 1.97. The summed E-state index contributed by atoms with van der Waals surface area (Å²) < 4.78 is 0. The van der Waals surface area contributed by atoms with Crippen molar-refractivity contribution in [2.75, 3.05) is 0 Å². The van der Waals surface area contributed by atoms with Crippen molar-refractivity contribution in [3.8, 4) is 0 Å². The number of allylic oxidation sites excluding steroid dienone is 3. The van der Waals surface area contributed by atoms with Gasteiger partial charge < -0.3 is 0 Å². The summed E-state index contributed by atoms with van der Waals surface area (Å²) in [5.74, 6) is 0. The van der Waals surface area contributed by atoms with Gasteiger partial charge >= 0.3 is 0 Å².